The number of nitro benzene ring substituents is 1. The van der Waals surface area contributed by atoms with Crippen LogP contribution in [-0.4, -0.2) is 28.1 Å². The summed E-state index contributed by atoms with van der Waals surface area (Å²) in [5, 5.41) is 23.3. The fourth-order valence-electron chi connectivity index (χ4n) is 3.03. The first-order valence-corrected chi connectivity index (χ1v) is 7.13. The van der Waals surface area contributed by atoms with Gasteiger partial charge in [0.05, 0.1) is 17.1 Å². The van der Waals surface area contributed by atoms with Crippen LogP contribution in [0.5, 0.6) is 0 Å². The molecule has 1 aliphatic carbocycles. The highest BCUT2D eigenvalue weighted by Crippen LogP contribution is 2.32. The predicted molar refractivity (Wildman–Crippen MR) is 78.0 cm³/mol. The van der Waals surface area contributed by atoms with Gasteiger partial charge in [0.15, 0.2) is 0 Å². The maximum atomic E-state index is 12.3. The average molecular weight is 292 g/mol. The second-order valence-electron chi connectivity index (χ2n) is 5.90. The maximum Gasteiger partial charge on any atom is 0.270 e. The molecule has 0 saturated heterocycles. The van der Waals surface area contributed by atoms with Crippen molar-refractivity contribution < 1.29 is 14.8 Å². The number of amides is 1. The van der Waals surface area contributed by atoms with E-state index in [0.29, 0.717) is 5.92 Å². The van der Waals surface area contributed by atoms with Crippen molar-refractivity contribution in [1.82, 2.24) is 5.32 Å². The predicted octanol–water partition coefficient (Wildman–Crippen LogP) is 2.27. The minimum Gasteiger partial charge on any atom is -0.394 e. The number of rotatable bonds is 4. The molecule has 0 bridgehead atoms. The van der Waals surface area contributed by atoms with Gasteiger partial charge >= 0.3 is 0 Å². The molecule has 2 unspecified atom stereocenters. The Balaban J connectivity index is 2.16. The van der Waals surface area contributed by atoms with Gasteiger partial charge in [-0.3, -0.25) is 14.9 Å². The van der Waals surface area contributed by atoms with Gasteiger partial charge in [0.25, 0.3) is 11.6 Å². The third kappa shape index (κ3) is 3.58. The lowest BCUT2D eigenvalue weighted by molar-refractivity contribution is -0.384. The van der Waals surface area contributed by atoms with Crippen LogP contribution in [0.25, 0.3) is 0 Å². The molecule has 114 valence electrons. The first kappa shape index (κ1) is 15.4. The molecule has 6 nitrogen and oxygen atoms in total. The number of nitrogens with zero attached hydrogens (tertiary/aromatic N) is 1. The molecule has 0 radical (unpaired) electrons. The lowest BCUT2D eigenvalue weighted by Gasteiger charge is -2.39. The summed E-state index contributed by atoms with van der Waals surface area (Å²) in [4.78, 5) is 22.5. The van der Waals surface area contributed by atoms with Crippen LogP contribution in [-0.2, 0) is 0 Å². The molecule has 0 aliphatic heterocycles. The van der Waals surface area contributed by atoms with Crippen molar-refractivity contribution in [2.45, 2.75) is 38.1 Å². The Morgan fingerprint density at radius 3 is 2.95 bits per heavy atom. The zero-order valence-electron chi connectivity index (χ0n) is 12.0. The maximum absolute atomic E-state index is 12.3. The monoisotopic (exact) mass is 292 g/mol. The zero-order valence-corrected chi connectivity index (χ0v) is 12.0. The van der Waals surface area contributed by atoms with Gasteiger partial charge in [0, 0.05) is 17.7 Å². The number of aliphatic hydroxyl groups is 1. The highest BCUT2D eigenvalue weighted by atomic mass is 16.6. The van der Waals surface area contributed by atoms with Crippen molar-refractivity contribution in [2.75, 3.05) is 6.61 Å². The van der Waals surface area contributed by atoms with Crippen LogP contribution >= 0.6 is 0 Å². The second kappa shape index (κ2) is 6.22. The molecule has 21 heavy (non-hydrogen) atoms. The quantitative estimate of drug-likeness (QED) is 0.657. The summed E-state index contributed by atoms with van der Waals surface area (Å²) in [7, 11) is 0. The summed E-state index contributed by atoms with van der Waals surface area (Å²) in [6.45, 7) is 1.99. The molecule has 2 atom stereocenters. The molecular weight excluding hydrogens is 272 g/mol. The SMILES string of the molecule is CC1CCCC(CO)(NC(=O)c2cccc([N+](=O)[O-])c2)C1. The van der Waals surface area contributed by atoms with E-state index in [2.05, 4.69) is 12.2 Å². The Hall–Kier alpha value is -1.95. The molecule has 1 aliphatic rings. The summed E-state index contributed by atoms with van der Waals surface area (Å²) in [5.41, 5.74) is -0.479. The van der Waals surface area contributed by atoms with Crippen molar-refractivity contribution in [2.24, 2.45) is 5.92 Å². The molecule has 2 rings (SSSR count). The third-order valence-corrected chi connectivity index (χ3v) is 4.09. The molecule has 1 aromatic rings. The van der Waals surface area contributed by atoms with E-state index in [1.54, 1.807) is 6.07 Å². The molecule has 2 N–H and O–H groups in total. The van der Waals surface area contributed by atoms with Gasteiger partial charge in [0.1, 0.15) is 0 Å². The van der Waals surface area contributed by atoms with Gasteiger partial charge in [-0.05, 0) is 24.8 Å². The summed E-state index contributed by atoms with van der Waals surface area (Å²) < 4.78 is 0. The van der Waals surface area contributed by atoms with Crippen LogP contribution in [0.1, 0.15) is 43.0 Å². The van der Waals surface area contributed by atoms with Crippen LogP contribution in [0.4, 0.5) is 5.69 Å². The lowest BCUT2D eigenvalue weighted by atomic mass is 9.76. The molecule has 0 aromatic heterocycles. The van der Waals surface area contributed by atoms with Crippen LogP contribution < -0.4 is 5.32 Å². The van der Waals surface area contributed by atoms with Gasteiger partial charge in [-0.25, -0.2) is 0 Å². The number of benzene rings is 1. The van der Waals surface area contributed by atoms with Gasteiger partial charge in [0.2, 0.25) is 0 Å². The van der Waals surface area contributed by atoms with E-state index in [0.717, 1.165) is 25.7 Å². The molecule has 1 fully saturated rings. The Kier molecular flexibility index (Phi) is 4.57. The molecule has 0 heterocycles. The molecular formula is C15H20N2O4. The second-order valence-corrected chi connectivity index (χ2v) is 5.90. The van der Waals surface area contributed by atoms with Crippen LogP contribution in [0, 0.1) is 16.0 Å². The smallest absolute Gasteiger partial charge is 0.270 e. The number of non-ortho nitro benzene ring substituents is 1. The van der Waals surface area contributed by atoms with Gasteiger partial charge in [-0.2, -0.15) is 0 Å². The van der Waals surface area contributed by atoms with E-state index in [1.807, 2.05) is 0 Å². The number of aliphatic hydroxyl groups excluding tert-OH is 1. The Labute approximate surface area is 123 Å². The topological polar surface area (TPSA) is 92.5 Å². The Morgan fingerprint density at radius 1 is 1.57 bits per heavy atom. The number of carbonyl (C=O) groups is 1. The molecule has 6 heteroatoms. The number of nitrogens with one attached hydrogen (secondary N) is 1. The highest BCUT2D eigenvalue weighted by molar-refractivity contribution is 5.95. The van der Waals surface area contributed by atoms with Gasteiger partial charge in [-0.1, -0.05) is 25.8 Å². The molecule has 1 amide bonds. The molecule has 1 saturated carbocycles. The molecule has 1 aromatic carbocycles. The largest absolute Gasteiger partial charge is 0.394 e. The Bertz CT molecular complexity index is 546. The summed E-state index contributed by atoms with van der Waals surface area (Å²) in [6, 6.07) is 5.63. The minimum absolute atomic E-state index is 0.113. The van der Waals surface area contributed by atoms with Gasteiger partial charge < -0.3 is 10.4 Å². The van der Waals surface area contributed by atoms with Crippen molar-refractivity contribution in [3.63, 3.8) is 0 Å². The first-order valence-electron chi connectivity index (χ1n) is 7.13. The van der Waals surface area contributed by atoms with E-state index >= 15 is 0 Å². The Morgan fingerprint density at radius 2 is 2.33 bits per heavy atom. The van der Waals surface area contributed by atoms with E-state index in [9.17, 15) is 20.0 Å². The van der Waals surface area contributed by atoms with Crippen molar-refractivity contribution >= 4 is 11.6 Å². The third-order valence-electron chi connectivity index (χ3n) is 4.09. The zero-order chi connectivity index (χ0) is 15.5. The van der Waals surface area contributed by atoms with Gasteiger partial charge in [-0.15, -0.1) is 0 Å². The van der Waals surface area contributed by atoms with E-state index in [1.165, 1.54) is 18.2 Å². The number of carbonyl (C=O) groups excluding carboxylic acids is 1. The fraction of sp³-hybridized carbons (Fsp3) is 0.533. The summed E-state index contributed by atoms with van der Waals surface area (Å²) >= 11 is 0. The van der Waals surface area contributed by atoms with E-state index in [-0.39, 0.29) is 23.8 Å². The highest BCUT2D eigenvalue weighted by Gasteiger charge is 2.36. The lowest BCUT2D eigenvalue weighted by Crippen LogP contribution is -2.53. The first-order chi connectivity index (χ1) is 9.96. The number of hydrogen-bond acceptors (Lipinski definition) is 4. The van der Waals surface area contributed by atoms with Crippen molar-refractivity contribution in [3.8, 4) is 0 Å². The summed E-state index contributed by atoms with van der Waals surface area (Å²) in [6.07, 6.45) is 3.50. The van der Waals surface area contributed by atoms with Crippen LogP contribution in [0.15, 0.2) is 24.3 Å². The normalized spacial score (nSPS) is 25.3. The molecule has 0 spiro atoms. The fourth-order valence-corrected chi connectivity index (χ4v) is 3.03. The van der Waals surface area contributed by atoms with Crippen LogP contribution in [0.3, 0.4) is 0 Å². The average Bonchev–Trinajstić information content (AvgIpc) is 2.47. The van der Waals surface area contributed by atoms with E-state index < -0.39 is 10.5 Å². The number of hydrogen-bond donors (Lipinski definition) is 2. The number of nitro groups is 1. The van der Waals surface area contributed by atoms with Crippen molar-refractivity contribution in [3.05, 3.63) is 39.9 Å². The standard InChI is InChI=1S/C15H20N2O4/c1-11-4-3-7-15(9-11,10-18)16-14(19)12-5-2-6-13(8-12)17(20)21/h2,5-6,8,11,18H,3-4,7,9-10H2,1H3,(H,16,19). The minimum atomic E-state index is -0.612. The summed E-state index contributed by atoms with van der Waals surface area (Å²) in [5.74, 6) is 0.0677. The van der Waals surface area contributed by atoms with E-state index in [4.69, 9.17) is 0 Å². The van der Waals surface area contributed by atoms with Crippen LogP contribution in [0.2, 0.25) is 0 Å². The van der Waals surface area contributed by atoms with Crippen molar-refractivity contribution in [1.29, 1.82) is 0 Å².